The average molecular weight is 510 g/mol. The van der Waals surface area contributed by atoms with Crippen molar-refractivity contribution in [2.24, 2.45) is 0 Å². The fourth-order valence-electron chi connectivity index (χ4n) is 6.02. The summed E-state index contributed by atoms with van der Waals surface area (Å²) in [6, 6.07) is 17.8. The van der Waals surface area contributed by atoms with Gasteiger partial charge in [0.2, 0.25) is 8.32 Å². The molecule has 36 heavy (non-hydrogen) atoms. The molecule has 0 saturated carbocycles. The Hall–Kier alpha value is -2.41. The quantitative estimate of drug-likeness (QED) is 0.370. The van der Waals surface area contributed by atoms with Crippen molar-refractivity contribution in [1.82, 2.24) is 4.90 Å². The Labute approximate surface area is 218 Å². The van der Waals surface area contributed by atoms with Crippen molar-refractivity contribution in [3.05, 3.63) is 77.9 Å². The highest BCUT2D eigenvalue weighted by Gasteiger charge is 2.50. The topological polar surface area (TPSA) is 59.0 Å². The molecule has 3 atom stereocenters. The van der Waals surface area contributed by atoms with E-state index in [-0.39, 0.29) is 25.2 Å². The van der Waals surface area contributed by atoms with Crippen LogP contribution in [0.2, 0.25) is 16.6 Å². The van der Waals surface area contributed by atoms with E-state index in [1.165, 1.54) is 0 Å². The normalized spacial score (nSPS) is 20.7. The Morgan fingerprint density at radius 2 is 1.58 bits per heavy atom. The van der Waals surface area contributed by atoms with Crippen molar-refractivity contribution in [2.75, 3.05) is 13.1 Å². The fourth-order valence-corrected chi connectivity index (χ4v) is 11.6. The van der Waals surface area contributed by atoms with Crippen molar-refractivity contribution in [1.29, 1.82) is 0 Å². The predicted octanol–water partition coefficient (Wildman–Crippen LogP) is 6.99. The standard InChI is InChI=1S/C30H43NO4Si/c1-8-24-14-16-26(17-15-24)29-27(32)18-31(30(33)34-20-25-12-10-9-11-13-25)19-28(29)35-36(21(2)3,22(4)5)23(6)7/h8-17,21-23,27-29,32H,1,18-20H2,2-7H3/t27-,28+,29+/m0/s1. The average Bonchev–Trinajstić information content (AvgIpc) is 2.85. The number of likely N-dealkylation sites (tertiary alicyclic amines) is 1. The van der Waals surface area contributed by atoms with Gasteiger partial charge in [0, 0.05) is 12.5 Å². The first-order valence-electron chi connectivity index (χ1n) is 13.1. The Morgan fingerprint density at radius 3 is 2.11 bits per heavy atom. The second kappa shape index (κ2) is 12.2. The molecular weight excluding hydrogens is 466 g/mol. The van der Waals surface area contributed by atoms with E-state index >= 15 is 0 Å². The molecule has 1 aliphatic rings. The molecule has 196 valence electrons. The number of benzene rings is 2. The van der Waals surface area contributed by atoms with Gasteiger partial charge in [-0.15, -0.1) is 0 Å². The SMILES string of the molecule is C=Cc1ccc([C@@H]2[C@@H](O)CN(C(=O)OCc3ccccc3)C[C@H]2O[Si](C(C)C)(C(C)C)C(C)C)cc1. The highest BCUT2D eigenvalue weighted by molar-refractivity contribution is 6.77. The van der Waals surface area contributed by atoms with Gasteiger partial charge in [-0.3, -0.25) is 0 Å². The molecule has 1 N–H and O–H groups in total. The lowest BCUT2D eigenvalue weighted by Gasteiger charge is -2.49. The van der Waals surface area contributed by atoms with Gasteiger partial charge in [0.05, 0.1) is 18.8 Å². The van der Waals surface area contributed by atoms with Gasteiger partial charge >= 0.3 is 6.09 Å². The lowest BCUT2D eigenvalue weighted by atomic mass is 9.84. The highest BCUT2D eigenvalue weighted by atomic mass is 28.4. The summed E-state index contributed by atoms with van der Waals surface area (Å²) in [6.45, 7) is 18.2. The molecular formula is C30H43NO4Si. The molecule has 0 radical (unpaired) electrons. The Bertz CT molecular complexity index is 968. The Kier molecular flexibility index (Phi) is 9.56. The molecule has 0 spiro atoms. The molecule has 0 bridgehead atoms. The van der Waals surface area contributed by atoms with Crippen LogP contribution in [-0.4, -0.2) is 49.7 Å². The van der Waals surface area contributed by atoms with Gasteiger partial charge in [0.1, 0.15) is 6.61 Å². The van der Waals surface area contributed by atoms with Crippen LogP contribution in [-0.2, 0) is 15.8 Å². The van der Waals surface area contributed by atoms with E-state index in [9.17, 15) is 9.90 Å². The number of ether oxygens (including phenoxy) is 1. The molecule has 2 aromatic rings. The lowest BCUT2D eigenvalue weighted by Crippen LogP contribution is -2.59. The van der Waals surface area contributed by atoms with Crippen molar-refractivity contribution in [2.45, 2.75) is 82.9 Å². The number of hydrogen-bond acceptors (Lipinski definition) is 4. The third-order valence-corrected chi connectivity index (χ3v) is 13.8. The molecule has 6 heteroatoms. The second-order valence-electron chi connectivity index (χ2n) is 10.9. The van der Waals surface area contributed by atoms with Crippen LogP contribution in [0, 0.1) is 0 Å². The van der Waals surface area contributed by atoms with Crippen LogP contribution >= 0.6 is 0 Å². The molecule has 5 nitrogen and oxygen atoms in total. The summed E-state index contributed by atoms with van der Waals surface area (Å²) in [4.78, 5) is 14.7. The molecule has 1 aliphatic heterocycles. The smallest absolute Gasteiger partial charge is 0.410 e. The minimum absolute atomic E-state index is 0.201. The summed E-state index contributed by atoms with van der Waals surface area (Å²) in [5.41, 5.74) is 4.15. The highest BCUT2D eigenvalue weighted by Crippen LogP contribution is 2.45. The molecule has 0 aromatic heterocycles. The third kappa shape index (κ3) is 6.10. The summed E-state index contributed by atoms with van der Waals surface area (Å²) in [6.07, 6.45) is 0.304. The Balaban J connectivity index is 1.91. The minimum Gasteiger partial charge on any atom is -0.445 e. The van der Waals surface area contributed by atoms with Crippen LogP contribution in [0.15, 0.2) is 61.2 Å². The first-order chi connectivity index (χ1) is 17.1. The van der Waals surface area contributed by atoms with Crippen LogP contribution < -0.4 is 0 Å². The van der Waals surface area contributed by atoms with Gasteiger partial charge in [-0.25, -0.2) is 4.79 Å². The van der Waals surface area contributed by atoms with E-state index < -0.39 is 20.5 Å². The zero-order valence-corrected chi connectivity index (χ0v) is 23.7. The summed E-state index contributed by atoms with van der Waals surface area (Å²) in [7, 11) is -2.28. The molecule has 1 saturated heterocycles. The van der Waals surface area contributed by atoms with Crippen molar-refractivity contribution in [3.8, 4) is 0 Å². The molecule has 1 fully saturated rings. The van der Waals surface area contributed by atoms with E-state index in [1.807, 2.05) is 60.7 Å². The molecule has 0 unspecified atom stereocenters. The number of nitrogens with zero attached hydrogens (tertiary/aromatic N) is 1. The minimum atomic E-state index is -2.28. The van der Waals surface area contributed by atoms with E-state index in [1.54, 1.807) is 4.90 Å². The lowest BCUT2D eigenvalue weighted by molar-refractivity contribution is -0.0255. The van der Waals surface area contributed by atoms with Gasteiger partial charge in [0.25, 0.3) is 0 Å². The van der Waals surface area contributed by atoms with Crippen molar-refractivity contribution in [3.63, 3.8) is 0 Å². The molecule has 1 amide bonds. The summed E-state index contributed by atoms with van der Waals surface area (Å²) < 4.78 is 12.8. The van der Waals surface area contributed by atoms with E-state index in [4.69, 9.17) is 9.16 Å². The number of β-amino-alcohol motifs (C(OH)–C–C–N with tert-alkyl or cyclic N) is 1. The fraction of sp³-hybridized carbons (Fsp3) is 0.500. The first-order valence-corrected chi connectivity index (χ1v) is 15.3. The largest absolute Gasteiger partial charge is 0.445 e. The summed E-state index contributed by atoms with van der Waals surface area (Å²) in [5, 5.41) is 11.4. The van der Waals surface area contributed by atoms with Crippen molar-refractivity contribution < 1.29 is 19.1 Å². The van der Waals surface area contributed by atoms with Gasteiger partial charge in [-0.2, -0.15) is 0 Å². The zero-order chi connectivity index (χ0) is 26.5. The van der Waals surface area contributed by atoms with Crippen LogP contribution in [0.25, 0.3) is 6.08 Å². The van der Waals surface area contributed by atoms with Crippen LogP contribution in [0.3, 0.4) is 0 Å². The number of aliphatic hydroxyl groups excluding tert-OH is 1. The number of amides is 1. The molecule has 1 heterocycles. The zero-order valence-electron chi connectivity index (χ0n) is 22.7. The summed E-state index contributed by atoms with van der Waals surface area (Å²) in [5.74, 6) is -0.231. The number of carbonyl (C=O) groups excluding carboxylic acids is 1. The van der Waals surface area contributed by atoms with E-state index in [0.717, 1.165) is 16.7 Å². The maximum atomic E-state index is 13.1. The van der Waals surface area contributed by atoms with Gasteiger partial charge in [0.15, 0.2) is 0 Å². The first kappa shape index (κ1) is 28.2. The molecule has 2 aromatic carbocycles. The number of aliphatic hydroxyl groups is 1. The second-order valence-corrected chi connectivity index (χ2v) is 16.3. The van der Waals surface area contributed by atoms with Gasteiger partial charge < -0.3 is 19.2 Å². The van der Waals surface area contributed by atoms with Crippen LogP contribution in [0.1, 0.15) is 64.2 Å². The Morgan fingerprint density at radius 1 is 1.00 bits per heavy atom. The maximum absolute atomic E-state index is 13.1. The number of hydrogen-bond donors (Lipinski definition) is 1. The third-order valence-electron chi connectivity index (χ3n) is 7.71. The number of carbonyl (C=O) groups is 1. The van der Waals surface area contributed by atoms with Crippen LogP contribution in [0.5, 0.6) is 0 Å². The molecule has 3 rings (SSSR count). The number of piperidine rings is 1. The van der Waals surface area contributed by atoms with Gasteiger partial charge in [-0.1, -0.05) is 109 Å². The number of rotatable bonds is 9. The van der Waals surface area contributed by atoms with Gasteiger partial charge in [-0.05, 0) is 33.3 Å². The predicted molar refractivity (Wildman–Crippen MR) is 149 cm³/mol. The maximum Gasteiger partial charge on any atom is 0.410 e. The monoisotopic (exact) mass is 509 g/mol. The summed E-state index contributed by atoms with van der Waals surface area (Å²) >= 11 is 0. The van der Waals surface area contributed by atoms with E-state index in [0.29, 0.717) is 23.2 Å². The van der Waals surface area contributed by atoms with Crippen LogP contribution in [0.4, 0.5) is 4.79 Å². The molecule has 0 aliphatic carbocycles. The van der Waals surface area contributed by atoms with Crippen molar-refractivity contribution >= 4 is 20.5 Å². The van der Waals surface area contributed by atoms with E-state index in [2.05, 4.69) is 48.1 Å².